The summed E-state index contributed by atoms with van der Waals surface area (Å²) in [6.07, 6.45) is 11.2. The lowest BCUT2D eigenvalue weighted by atomic mass is 9.96. The fraction of sp³-hybridized carbons (Fsp3) is 0.280. The summed E-state index contributed by atoms with van der Waals surface area (Å²) in [5.41, 5.74) is 3.53. The number of unbranched alkanes of at least 4 members (excludes halogenated alkanes) is 1. The van der Waals surface area contributed by atoms with E-state index in [0.29, 0.717) is 6.42 Å². The van der Waals surface area contributed by atoms with E-state index in [1.165, 1.54) is 16.7 Å². The Labute approximate surface area is 173 Å². The van der Waals surface area contributed by atoms with Gasteiger partial charge in [-0.1, -0.05) is 66.7 Å². The highest BCUT2D eigenvalue weighted by atomic mass is 16.1. The van der Waals surface area contributed by atoms with Crippen LogP contribution < -0.4 is 5.32 Å². The maximum atomic E-state index is 12.2. The molecule has 1 aliphatic rings. The average molecular weight is 388 g/mol. The molecule has 4 heteroatoms. The molecule has 0 fully saturated rings. The largest absolute Gasteiger partial charge is 0.359 e. The molecule has 0 unspecified atom stereocenters. The van der Waals surface area contributed by atoms with E-state index >= 15 is 0 Å². The third-order valence-electron chi connectivity index (χ3n) is 4.85. The monoisotopic (exact) mass is 387 g/mol. The zero-order valence-corrected chi connectivity index (χ0v) is 16.8. The molecule has 1 N–H and O–H groups in total. The molecule has 0 saturated carbocycles. The number of hydrogen-bond donors (Lipinski definition) is 1. The summed E-state index contributed by atoms with van der Waals surface area (Å²) < 4.78 is 0. The Hall–Kier alpha value is -3.14. The van der Waals surface area contributed by atoms with Crippen molar-refractivity contribution in [1.82, 2.24) is 10.2 Å². The minimum absolute atomic E-state index is 0.115. The van der Waals surface area contributed by atoms with E-state index in [0.717, 1.165) is 38.9 Å². The second kappa shape index (κ2) is 11.6. The van der Waals surface area contributed by atoms with Gasteiger partial charge in [0.2, 0.25) is 5.91 Å². The fourth-order valence-electron chi connectivity index (χ4n) is 3.31. The molecule has 0 atom stereocenters. The van der Waals surface area contributed by atoms with Crippen molar-refractivity contribution in [3.63, 3.8) is 0 Å². The van der Waals surface area contributed by atoms with Crippen LogP contribution in [-0.2, 0) is 4.79 Å². The molecule has 3 rings (SSSR count). The second-order valence-corrected chi connectivity index (χ2v) is 7.09. The summed E-state index contributed by atoms with van der Waals surface area (Å²) in [6, 6.07) is 20.7. The van der Waals surface area contributed by atoms with E-state index < -0.39 is 0 Å². The van der Waals surface area contributed by atoms with Gasteiger partial charge in [0, 0.05) is 32.3 Å². The standard InChI is InChI=1S/C25H29N3O/c29-25(27-18-7-8-19-28-20-10-17-26-21-28)16-9-15-24(22-11-3-1-4-12-22)23-13-5-2-6-14-23/h1-6,10-15,17,21H,7-9,16,18-20H2,(H,27,29). The Morgan fingerprint density at radius 2 is 1.69 bits per heavy atom. The normalized spacial score (nSPS) is 12.6. The number of rotatable bonds is 10. The van der Waals surface area contributed by atoms with Gasteiger partial charge in [-0.05, 0) is 42.0 Å². The van der Waals surface area contributed by atoms with E-state index in [9.17, 15) is 4.79 Å². The predicted octanol–water partition coefficient (Wildman–Crippen LogP) is 4.65. The van der Waals surface area contributed by atoms with Crippen molar-refractivity contribution in [3.8, 4) is 0 Å². The van der Waals surface area contributed by atoms with Crippen LogP contribution in [0.5, 0.6) is 0 Å². The van der Waals surface area contributed by atoms with Crippen molar-refractivity contribution >= 4 is 17.8 Å². The van der Waals surface area contributed by atoms with Gasteiger partial charge in [0.1, 0.15) is 0 Å². The van der Waals surface area contributed by atoms with Gasteiger partial charge in [0.25, 0.3) is 0 Å². The molecule has 150 valence electrons. The molecule has 0 aliphatic carbocycles. The van der Waals surface area contributed by atoms with E-state index in [4.69, 9.17) is 0 Å². The van der Waals surface area contributed by atoms with E-state index in [2.05, 4.69) is 51.6 Å². The third kappa shape index (κ3) is 7.07. The van der Waals surface area contributed by atoms with Crippen LogP contribution in [0.4, 0.5) is 0 Å². The van der Waals surface area contributed by atoms with Crippen LogP contribution in [0.2, 0.25) is 0 Å². The molecule has 0 spiro atoms. The van der Waals surface area contributed by atoms with Crippen molar-refractivity contribution in [2.75, 3.05) is 19.6 Å². The van der Waals surface area contributed by atoms with Crippen LogP contribution in [0, 0.1) is 0 Å². The first-order valence-corrected chi connectivity index (χ1v) is 10.3. The number of carbonyl (C=O) groups excluding carboxylic acids is 1. The zero-order valence-electron chi connectivity index (χ0n) is 16.8. The first-order chi connectivity index (χ1) is 14.3. The van der Waals surface area contributed by atoms with Gasteiger partial charge in [-0.3, -0.25) is 4.79 Å². The number of nitrogens with one attached hydrogen (secondary N) is 1. The number of amides is 1. The van der Waals surface area contributed by atoms with Crippen LogP contribution >= 0.6 is 0 Å². The lowest BCUT2D eigenvalue weighted by molar-refractivity contribution is -0.121. The van der Waals surface area contributed by atoms with Gasteiger partial charge in [-0.2, -0.15) is 0 Å². The van der Waals surface area contributed by atoms with Gasteiger partial charge in [0.15, 0.2) is 0 Å². The molecule has 0 aromatic heterocycles. The fourth-order valence-corrected chi connectivity index (χ4v) is 3.31. The van der Waals surface area contributed by atoms with Gasteiger partial charge >= 0.3 is 0 Å². The summed E-state index contributed by atoms with van der Waals surface area (Å²) in [6.45, 7) is 2.63. The summed E-state index contributed by atoms with van der Waals surface area (Å²) in [5.74, 6) is 0.115. The highest BCUT2D eigenvalue weighted by molar-refractivity contribution is 5.81. The summed E-state index contributed by atoms with van der Waals surface area (Å²) >= 11 is 0. The minimum atomic E-state index is 0.115. The third-order valence-corrected chi connectivity index (χ3v) is 4.85. The summed E-state index contributed by atoms with van der Waals surface area (Å²) in [7, 11) is 0. The predicted molar refractivity (Wildman–Crippen MR) is 121 cm³/mol. The van der Waals surface area contributed by atoms with Crippen LogP contribution in [0.15, 0.2) is 84.0 Å². The van der Waals surface area contributed by atoms with E-state index in [-0.39, 0.29) is 5.91 Å². The lowest BCUT2D eigenvalue weighted by Crippen LogP contribution is -2.27. The maximum absolute atomic E-state index is 12.2. The molecule has 29 heavy (non-hydrogen) atoms. The second-order valence-electron chi connectivity index (χ2n) is 7.09. The molecule has 1 heterocycles. The molecular weight excluding hydrogens is 358 g/mol. The molecule has 1 aliphatic heterocycles. The van der Waals surface area contributed by atoms with Gasteiger partial charge in [-0.25, -0.2) is 4.99 Å². The molecule has 4 nitrogen and oxygen atoms in total. The smallest absolute Gasteiger partial charge is 0.220 e. The maximum Gasteiger partial charge on any atom is 0.220 e. The molecular formula is C25H29N3O. The van der Waals surface area contributed by atoms with Crippen molar-refractivity contribution < 1.29 is 4.79 Å². The molecule has 0 bridgehead atoms. The Morgan fingerprint density at radius 3 is 2.31 bits per heavy atom. The highest BCUT2D eigenvalue weighted by Gasteiger charge is 2.06. The van der Waals surface area contributed by atoms with Crippen LogP contribution in [0.1, 0.15) is 36.8 Å². The van der Waals surface area contributed by atoms with Crippen LogP contribution in [-0.4, -0.2) is 36.8 Å². The van der Waals surface area contributed by atoms with E-state index in [1.807, 2.05) is 48.9 Å². The summed E-state index contributed by atoms with van der Waals surface area (Å²) in [5, 5.41) is 3.04. The first kappa shape index (κ1) is 20.6. The van der Waals surface area contributed by atoms with Gasteiger partial charge < -0.3 is 10.2 Å². The van der Waals surface area contributed by atoms with Crippen molar-refractivity contribution in [2.45, 2.75) is 25.7 Å². The number of hydrogen-bond acceptors (Lipinski definition) is 3. The summed E-state index contributed by atoms with van der Waals surface area (Å²) in [4.78, 5) is 18.5. The molecule has 0 saturated heterocycles. The van der Waals surface area contributed by atoms with E-state index in [1.54, 1.807) is 0 Å². The zero-order chi connectivity index (χ0) is 20.2. The lowest BCUT2D eigenvalue weighted by Gasteiger charge is -2.19. The topological polar surface area (TPSA) is 44.7 Å². The number of benzene rings is 2. The first-order valence-electron chi connectivity index (χ1n) is 10.3. The Bertz CT molecular complexity index is 799. The molecule has 2 aromatic carbocycles. The molecule has 0 radical (unpaired) electrons. The van der Waals surface area contributed by atoms with Crippen molar-refractivity contribution in [2.24, 2.45) is 4.99 Å². The molecule has 1 amide bonds. The minimum Gasteiger partial charge on any atom is -0.359 e. The Morgan fingerprint density at radius 1 is 1.00 bits per heavy atom. The van der Waals surface area contributed by atoms with Crippen LogP contribution in [0.3, 0.4) is 0 Å². The van der Waals surface area contributed by atoms with Gasteiger partial charge in [0.05, 0.1) is 6.34 Å². The molecule has 2 aromatic rings. The number of aliphatic imine (C=N–C) groups is 1. The Kier molecular flexibility index (Phi) is 8.27. The Balaban J connectivity index is 1.42. The quantitative estimate of drug-likeness (QED) is 0.603. The van der Waals surface area contributed by atoms with Crippen molar-refractivity contribution in [3.05, 3.63) is 90.1 Å². The number of nitrogens with zero attached hydrogens (tertiary/aromatic N) is 2. The number of carbonyl (C=O) groups is 1. The van der Waals surface area contributed by atoms with Crippen LogP contribution in [0.25, 0.3) is 5.57 Å². The SMILES string of the molecule is O=C(CCC=C(c1ccccc1)c1ccccc1)NCCCCN1C=NC=CC1. The average Bonchev–Trinajstić information content (AvgIpc) is 2.78. The number of allylic oxidation sites excluding steroid dienone is 1. The van der Waals surface area contributed by atoms with Gasteiger partial charge in [-0.15, -0.1) is 0 Å². The highest BCUT2D eigenvalue weighted by Crippen LogP contribution is 2.23. The van der Waals surface area contributed by atoms with Crippen molar-refractivity contribution in [1.29, 1.82) is 0 Å².